The molecule has 0 aromatic carbocycles. The van der Waals surface area contributed by atoms with Gasteiger partial charge in [0.1, 0.15) is 0 Å². The van der Waals surface area contributed by atoms with Gasteiger partial charge in [0.2, 0.25) is 0 Å². The molecule has 2 unspecified atom stereocenters. The van der Waals surface area contributed by atoms with Gasteiger partial charge >= 0.3 is 5.97 Å². The van der Waals surface area contributed by atoms with Crippen LogP contribution in [0.2, 0.25) is 0 Å². The number of morpholine rings is 1. The van der Waals surface area contributed by atoms with Crippen molar-refractivity contribution in [1.29, 1.82) is 0 Å². The minimum Gasteiger partial charge on any atom is -0.478 e. The molecule has 1 saturated heterocycles. The van der Waals surface area contributed by atoms with Crippen molar-refractivity contribution in [2.45, 2.75) is 26.1 Å². The zero-order chi connectivity index (χ0) is 12.4. The van der Waals surface area contributed by atoms with Crippen LogP contribution in [0.1, 0.15) is 24.2 Å². The van der Waals surface area contributed by atoms with E-state index in [4.69, 9.17) is 9.84 Å². The molecule has 1 N–H and O–H groups in total. The smallest absolute Gasteiger partial charge is 0.337 e. The lowest BCUT2D eigenvalue weighted by Crippen LogP contribution is -2.46. The van der Waals surface area contributed by atoms with E-state index in [-0.39, 0.29) is 12.2 Å². The van der Waals surface area contributed by atoms with Crippen molar-refractivity contribution in [3.05, 3.63) is 24.0 Å². The molecule has 1 aliphatic rings. The van der Waals surface area contributed by atoms with Crippen LogP contribution >= 0.6 is 0 Å². The van der Waals surface area contributed by atoms with Crippen LogP contribution in [-0.2, 0) is 4.74 Å². The summed E-state index contributed by atoms with van der Waals surface area (Å²) in [6.07, 6.45) is 3.30. The fraction of sp³-hybridized carbons (Fsp3) is 0.500. The van der Waals surface area contributed by atoms with E-state index in [9.17, 15) is 4.79 Å². The average Bonchev–Trinajstić information content (AvgIpc) is 2.27. The first-order valence-corrected chi connectivity index (χ1v) is 5.65. The number of anilines is 1. The van der Waals surface area contributed by atoms with Gasteiger partial charge in [-0.15, -0.1) is 0 Å². The van der Waals surface area contributed by atoms with Gasteiger partial charge in [-0.2, -0.15) is 0 Å². The molecular weight excluding hydrogens is 220 g/mol. The first kappa shape index (κ1) is 11.9. The highest BCUT2D eigenvalue weighted by molar-refractivity contribution is 5.94. The van der Waals surface area contributed by atoms with Crippen LogP contribution in [0.5, 0.6) is 0 Å². The predicted molar refractivity (Wildman–Crippen MR) is 63.4 cm³/mol. The summed E-state index contributed by atoms with van der Waals surface area (Å²) >= 11 is 0. The molecule has 0 bridgehead atoms. The lowest BCUT2D eigenvalue weighted by Gasteiger charge is -2.37. The zero-order valence-corrected chi connectivity index (χ0v) is 9.96. The number of carboxylic acids is 1. The third-order valence-corrected chi connectivity index (χ3v) is 2.79. The maximum atomic E-state index is 11.1. The molecule has 0 saturated carbocycles. The van der Waals surface area contributed by atoms with Crippen LogP contribution < -0.4 is 4.90 Å². The molecule has 1 aromatic heterocycles. The van der Waals surface area contributed by atoms with Gasteiger partial charge in [-0.1, -0.05) is 0 Å². The Morgan fingerprint density at radius 1 is 1.47 bits per heavy atom. The molecule has 1 aromatic rings. The van der Waals surface area contributed by atoms with E-state index in [0.29, 0.717) is 24.3 Å². The molecule has 0 aliphatic carbocycles. The summed E-state index contributed by atoms with van der Waals surface area (Å²) in [6, 6.07) is 1.53. The Labute approximate surface area is 100 Å². The van der Waals surface area contributed by atoms with Crippen molar-refractivity contribution in [3.8, 4) is 0 Å². The molecule has 92 valence electrons. The Bertz CT molecular complexity index is 412. The molecule has 2 rings (SSSR count). The van der Waals surface area contributed by atoms with Crippen molar-refractivity contribution in [1.82, 2.24) is 4.98 Å². The van der Waals surface area contributed by atoms with Crippen LogP contribution in [0, 0.1) is 0 Å². The monoisotopic (exact) mass is 236 g/mol. The second kappa shape index (κ2) is 4.71. The predicted octanol–water partition coefficient (Wildman–Crippen LogP) is 1.39. The van der Waals surface area contributed by atoms with Crippen LogP contribution in [0.4, 0.5) is 5.69 Å². The first-order chi connectivity index (χ1) is 8.08. The van der Waals surface area contributed by atoms with Gasteiger partial charge in [-0.05, 0) is 19.9 Å². The molecule has 0 radical (unpaired) electrons. The number of ether oxygens (including phenoxy) is 1. The van der Waals surface area contributed by atoms with Gasteiger partial charge < -0.3 is 14.7 Å². The van der Waals surface area contributed by atoms with Crippen molar-refractivity contribution in [2.75, 3.05) is 18.0 Å². The van der Waals surface area contributed by atoms with Crippen LogP contribution in [0.15, 0.2) is 18.5 Å². The van der Waals surface area contributed by atoms with Crippen molar-refractivity contribution in [3.63, 3.8) is 0 Å². The zero-order valence-electron chi connectivity index (χ0n) is 9.96. The van der Waals surface area contributed by atoms with E-state index in [1.807, 2.05) is 18.7 Å². The molecule has 1 fully saturated rings. The number of hydrogen-bond donors (Lipinski definition) is 1. The minimum atomic E-state index is -0.922. The summed E-state index contributed by atoms with van der Waals surface area (Å²) < 4.78 is 5.63. The van der Waals surface area contributed by atoms with Crippen LogP contribution in [0.3, 0.4) is 0 Å². The average molecular weight is 236 g/mol. The number of nitrogens with zero attached hydrogens (tertiary/aromatic N) is 2. The molecule has 2 atom stereocenters. The van der Waals surface area contributed by atoms with Crippen molar-refractivity contribution in [2.24, 2.45) is 0 Å². The van der Waals surface area contributed by atoms with E-state index in [0.717, 1.165) is 0 Å². The summed E-state index contributed by atoms with van der Waals surface area (Å²) in [5.74, 6) is -0.922. The summed E-state index contributed by atoms with van der Waals surface area (Å²) in [4.78, 5) is 17.2. The minimum absolute atomic E-state index is 0.0978. The van der Waals surface area contributed by atoms with E-state index >= 15 is 0 Å². The fourth-order valence-corrected chi connectivity index (χ4v) is 2.19. The fourth-order valence-electron chi connectivity index (χ4n) is 2.19. The van der Waals surface area contributed by atoms with E-state index in [2.05, 4.69) is 4.98 Å². The largest absolute Gasteiger partial charge is 0.478 e. The van der Waals surface area contributed by atoms with E-state index in [1.165, 1.54) is 12.3 Å². The normalized spacial score (nSPS) is 24.7. The highest BCUT2D eigenvalue weighted by Crippen LogP contribution is 2.23. The van der Waals surface area contributed by atoms with E-state index in [1.54, 1.807) is 6.20 Å². The summed E-state index contributed by atoms with van der Waals surface area (Å²) in [6.45, 7) is 5.35. The Balaban J connectivity index is 2.30. The van der Waals surface area contributed by atoms with Gasteiger partial charge in [0.25, 0.3) is 0 Å². The Morgan fingerprint density at radius 2 is 2.12 bits per heavy atom. The molecule has 1 aliphatic heterocycles. The van der Waals surface area contributed by atoms with E-state index < -0.39 is 5.97 Å². The number of pyridine rings is 1. The Hall–Kier alpha value is -1.62. The first-order valence-electron chi connectivity index (χ1n) is 5.65. The highest BCUT2D eigenvalue weighted by Gasteiger charge is 2.25. The van der Waals surface area contributed by atoms with Gasteiger partial charge in [-0.25, -0.2) is 4.79 Å². The maximum Gasteiger partial charge on any atom is 0.337 e. The molecule has 17 heavy (non-hydrogen) atoms. The van der Waals surface area contributed by atoms with Gasteiger partial charge in [0.05, 0.1) is 29.7 Å². The lowest BCUT2D eigenvalue weighted by molar-refractivity contribution is -0.00533. The standard InChI is InChI=1S/C12H16N2O3/c1-8-6-14(7-9(2)17-8)11-5-13-4-3-10(11)12(15)16/h3-5,8-9H,6-7H2,1-2H3,(H,15,16). The third-order valence-electron chi connectivity index (χ3n) is 2.79. The number of hydrogen-bond acceptors (Lipinski definition) is 4. The number of aromatic nitrogens is 1. The molecular formula is C12H16N2O3. The quantitative estimate of drug-likeness (QED) is 0.840. The number of carboxylic acid groups (broad SMARTS) is 1. The van der Waals surface area contributed by atoms with Crippen LogP contribution in [-0.4, -0.2) is 41.4 Å². The number of rotatable bonds is 2. The molecule has 0 amide bonds. The summed E-state index contributed by atoms with van der Waals surface area (Å²) in [5.41, 5.74) is 0.961. The number of carbonyl (C=O) groups is 1. The molecule has 0 spiro atoms. The van der Waals surface area contributed by atoms with Gasteiger partial charge in [0, 0.05) is 19.3 Å². The highest BCUT2D eigenvalue weighted by atomic mass is 16.5. The third kappa shape index (κ3) is 2.55. The molecule has 2 heterocycles. The second-order valence-electron chi connectivity index (χ2n) is 4.36. The second-order valence-corrected chi connectivity index (χ2v) is 4.36. The lowest BCUT2D eigenvalue weighted by atomic mass is 10.1. The molecule has 5 nitrogen and oxygen atoms in total. The van der Waals surface area contributed by atoms with Gasteiger partial charge in [-0.3, -0.25) is 4.98 Å². The Kier molecular flexibility index (Phi) is 3.28. The maximum absolute atomic E-state index is 11.1. The molecule has 5 heteroatoms. The van der Waals surface area contributed by atoms with Gasteiger partial charge in [0.15, 0.2) is 0 Å². The topological polar surface area (TPSA) is 62.7 Å². The summed E-state index contributed by atoms with van der Waals surface area (Å²) in [5, 5.41) is 9.14. The van der Waals surface area contributed by atoms with Crippen molar-refractivity contribution >= 4 is 11.7 Å². The van der Waals surface area contributed by atoms with Crippen molar-refractivity contribution < 1.29 is 14.6 Å². The Morgan fingerprint density at radius 3 is 2.71 bits per heavy atom. The SMILES string of the molecule is CC1CN(c2cnccc2C(=O)O)CC(C)O1. The number of aromatic carboxylic acids is 1. The van der Waals surface area contributed by atoms with Crippen LogP contribution in [0.25, 0.3) is 0 Å². The summed E-state index contributed by atoms with van der Waals surface area (Å²) in [7, 11) is 0.